The summed E-state index contributed by atoms with van der Waals surface area (Å²) < 4.78 is 15.1. The first-order valence-electron chi connectivity index (χ1n) is 6.48. The maximum atomic E-state index is 9.87. The van der Waals surface area contributed by atoms with E-state index in [2.05, 4.69) is 0 Å². The van der Waals surface area contributed by atoms with Gasteiger partial charge in [0.2, 0.25) is 0 Å². The molecule has 0 bridgehead atoms. The Kier molecular flexibility index (Phi) is 5.48. The highest BCUT2D eigenvalue weighted by atomic mass is 16.7. The second-order valence-electron chi connectivity index (χ2n) is 5.08. The van der Waals surface area contributed by atoms with Gasteiger partial charge in [-0.05, 0) is 0 Å². The quantitative estimate of drug-likeness (QED) is 0.268. The van der Waals surface area contributed by atoms with Crippen LogP contribution in [0.2, 0.25) is 0 Å². The molecule has 0 spiro atoms. The van der Waals surface area contributed by atoms with E-state index in [-0.39, 0.29) is 6.61 Å². The van der Waals surface area contributed by atoms with Crippen LogP contribution in [0.4, 0.5) is 0 Å². The smallest absolute Gasteiger partial charge is 0.186 e. The third kappa shape index (κ3) is 3.35. The molecule has 0 aromatic rings. The van der Waals surface area contributed by atoms with E-state index in [0.29, 0.717) is 0 Å². The Morgan fingerprint density at radius 3 is 2.19 bits per heavy atom. The van der Waals surface area contributed by atoms with Crippen LogP contribution in [-0.4, -0.2) is 104 Å². The van der Waals surface area contributed by atoms with Crippen LogP contribution in [-0.2, 0) is 14.2 Å². The van der Waals surface area contributed by atoms with Crippen molar-refractivity contribution in [3.63, 3.8) is 0 Å². The van der Waals surface area contributed by atoms with Crippen LogP contribution in [0.1, 0.15) is 0 Å². The van der Waals surface area contributed by atoms with E-state index in [1.54, 1.807) is 0 Å². The summed E-state index contributed by atoms with van der Waals surface area (Å²) in [4.78, 5) is 0. The molecule has 2 rings (SSSR count). The van der Waals surface area contributed by atoms with Crippen molar-refractivity contribution in [3.8, 4) is 0 Å². The van der Waals surface area contributed by atoms with Gasteiger partial charge in [0.1, 0.15) is 42.7 Å². The lowest BCUT2D eigenvalue weighted by atomic mass is 9.98. The molecule has 10 heteroatoms. The summed E-state index contributed by atoms with van der Waals surface area (Å²) >= 11 is 0. The number of hydrogen-bond donors (Lipinski definition) is 7. The third-order valence-electron chi connectivity index (χ3n) is 3.58. The van der Waals surface area contributed by atoms with Crippen LogP contribution < -0.4 is 0 Å². The van der Waals surface area contributed by atoms with Gasteiger partial charge in [-0.2, -0.15) is 0 Å². The van der Waals surface area contributed by atoms with Crippen LogP contribution in [0.5, 0.6) is 0 Å². The largest absolute Gasteiger partial charge is 0.394 e. The van der Waals surface area contributed by atoms with Crippen molar-refractivity contribution in [1.29, 1.82) is 0 Å². The Bertz CT molecular complexity index is 339. The van der Waals surface area contributed by atoms with Gasteiger partial charge in [-0.3, -0.25) is 0 Å². The van der Waals surface area contributed by atoms with Gasteiger partial charge in [0.25, 0.3) is 0 Å². The average molecular weight is 312 g/mol. The van der Waals surface area contributed by atoms with Crippen LogP contribution >= 0.6 is 0 Å². The molecule has 0 aromatic heterocycles. The van der Waals surface area contributed by atoms with Crippen molar-refractivity contribution in [3.05, 3.63) is 0 Å². The van der Waals surface area contributed by atoms with E-state index in [0.717, 1.165) is 0 Å². The molecule has 0 saturated carbocycles. The normalized spacial score (nSPS) is 51.9. The number of hydrogen-bond acceptors (Lipinski definition) is 10. The van der Waals surface area contributed by atoms with Crippen molar-refractivity contribution in [1.82, 2.24) is 0 Å². The molecule has 7 N–H and O–H groups in total. The summed E-state index contributed by atoms with van der Waals surface area (Å²) in [7, 11) is 0. The van der Waals surface area contributed by atoms with Crippen molar-refractivity contribution in [2.75, 3.05) is 13.2 Å². The molecule has 2 aliphatic rings. The summed E-state index contributed by atoms with van der Waals surface area (Å²) in [5.74, 6) is 0. The predicted octanol–water partition coefficient (Wildman–Crippen LogP) is -4.76. The maximum Gasteiger partial charge on any atom is 0.186 e. The van der Waals surface area contributed by atoms with Gasteiger partial charge >= 0.3 is 0 Å². The fourth-order valence-electron chi connectivity index (χ4n) is 2.29. The molecule has 2 heterocycles. The minimum Gasteiger partial charge on any atom is -0.394 e. The van der Waals surface area contributed by atoms with E-state index in [9.17, 15) is 35.7 Å². The average Bonchev–Trinajstić information content (AvgIpc) is 2.47. The molecule has 0 unspecified atom stereocenters. The van der Waals surface area contributed by atoms with Crippen molar-refractivity contribution >= 4 is 0 Å². The highest BCUT2D eigenvalue weighted by Gasteiger charge is 2.48. The molecule has 0 radical (unpaired) electrons. The standard InChI is InChI=1S/C11H20O10/c12-1-4-9(6(15)7(16)10(18)20-4)21-11-8(17)5(14)3(13)2-19-11/h3-18H,1-2H2/t3-,4+,5-,6+,7+,8+,9-,10+,11-/m0/s1. The number of aliphatic hydroxyl groups is 7. The summed E-state index contributed by atoms with van der Waals surface area (Å²) in [5.41, 5.74) is 0. The first-order valence-corrected chi connectivity index (χ1v) is 6.48. The van der Waals surface area contributed by atoms with Gasteiger partial charge in [0, 0.05) is 0 Å². The molecule has 124 valence electrons. The molecule has 2 fully saturated rings. The summed E-state index contributed by atoms with van der Waals surface area (Å²) in [5, 5.41) is 66.5. The van der Waals surface area contributed by atoms with E-state index in [1.807, 2.05) is 0 Å². The Morgan fingerprint density at radius 1 is 0.905 bits per heavy atom. The molecule has 0 amide bonds. The highest BCUT2D eigenvalue weighted by Crippen LogP contribution is 2.26. The minimum atomic E-state index is -1.69. The first kappa shape index (κ1) is 17.0. The highest BCUT2D eigenvalue weighted by molar-refractivity contribution is 4.91. The third-order valence-corrected chi connectivity index (χ3v) is 3.58. The molecule has 2 saturated heterocycles. The van der Waals surface area contributed by atoms with Gasteiger partial charge in [-0.1, -0.05) is 0 Å². The molecular weight excluding hydrogens is 292 g/mol. The predicted molar refractivity (Wildman–Crippen MR) is 62.6 cm³/mol. The molecule has 0 aliphatic carbocycles. The number of ether oxygens (including phenoxy) is 3. The van der Waals surface area contributed by atoms with Crippen molar-refractivity contribution < 1.29 is 50.0 Å². The Morgan fingerprint density at radius 2 is 1.57 bits per heavy atom. The Labute approximate surface area is 119 Å². The van der Waals surface area contributed by atoms with Gasteiger partial charge < -0.3 is 50.0 Å². The monoisotopic (exact) mass is 312 g/mol. The summed E-state index contributed by atoms with van der Waals surface area (Å²) in [6, 6.07) is 0. The van der Waals surface area contributed by atoms with Gasteiger partial charge in [-0.25, -0.2) is 0 Å². The van der Waals surface area contributed by atoms with E-state index in [4.69, 9.17) is 14.2 Å². The second-order valence-corrected chi connectivity index (χ2v) is 5.08. The molecule has 10 nitrogen and oxygen atoms in total. The molecule has 2 aliphatic heterocycles. The van der Waals surface area contributed by atoms with Gasteiger partial charge in [0.15, 0.2) is 12.6 Å². The van der Waals surface area contributed by atoms with Gasteiger partial charge in [0.05, 0.1) is 13.2 Å². The van der Waals surface area contributed by atoms with E-state index >= 15 is 0 Å². The SMILES string of the molecule is OC[C@H]1O[C@@H](O)[C@H](O)[C@@H](O)[C@H]1O[C@@H]1OC[C@H](O)[C@H](O)[C@H]1O. The van der Waals surface area contributed by atoms with Gasteiger partial charge in [-0.15, -0.1) is 0 Å². The molecule has 0 aromatic carbocycles. The van der Waals surface area contributed by atoms with Crippen LogP contribution in [0.15, 0.2) is 0 Å². The zero-order valence-corrected chi connectivity index (χ0v) is 11.0. The minimum absolute atomic E-state index is 0.304. The first-order chi connectivity index (χ1) is 9.86. The lowest BCUT2D eigenvalue weighted by Gasteiger charge is -2.43. The molecular formula is C11H20O10. The fourth-order valence-corrected chi connectivity index (χ4v) is 2.29. The fraction of sp³-hybridized carbons (Fsp3) is 1.00. The Balaban J connectivity index is 2.05. The maximum absolute atomic E-state index is 9.87. The van der Waals surface area contributed by atoms with Crippen LogP contribution in [0.25, 0.3) is 0 Å². The zero-order valence-electron chi connectivity index (χ0n) is 11.0. The van der Waals surface area contributed by atoms with E-state index in [1.165, 1.54) is 0 Å². The van der Waals surface area contributed by atoms with Crippen LogP contribution in [0, 0.1) is 0 Å². The second kappa shape index (κ2) is 6.79. The lowest BCUT2D eigenvalue weighted by Crippen LogP contribution is -2.62. The van der Waals surface area contributed by atoms with E-state index < -0.39 is 61.9 Å². The molecule has 9 atom stereocenters. The zero-order chi connectivity index (χ0) is 15.7. The summed E-state index contributed by atoms with van der Waals surface area (Å²) in [6.45, 7) is -0.930. The number of aliphatic hydroxyl groups excluding tert-OH is 7. The van der Waals surface area contributed by atoms with Crippen LogP contribution in [0.3, 0.4) is 0 Å². The Hall–Kier alpha value is -0.400. The lowest BCUT2D eigenvalue weighted by molar-refractivity contribution is -0.342. The van der Waals surface area contributed by atoms with Crippen molar-refractivity contribution in [2.24, 2.45) is 0 Å². The molecule has 21 heavy (non-hydrogen) atoms. The summed E-state index contributed by atoms with van der Waals surface area (Å²) in [6.07, 6.45) is -13.2. The topological polar surface area (TPSA) is 169 Å². The van der Waals surface area contributed by atoms with Crippen molar-refractivity contribution in [2.45, 2.75) is 55.3 Å². The number of rotatable bonds is 3.